The normalized spacial score (nSPS) is 11.3. The first-order chi connectivity index (χ1) is 21.3. The molecule has 4 nitrogen and oxygen atoms in total. The average molecular weight is 551 g/mol. The van der Waals surface area contributed by atoms with E-state index in [1.807, 2.05) is 34.8 Å². The van der Waals surface area contributed by atoms with Crippen LogP contribution < -0.4 is 0 Å². The molecule has 0 amide bonds. The van der Waals surface area contributed by atoms with Crippen LogP contribution in [0.2, 0.25) is 0 Å². The van der Waals surface area contributed by atoms with Crippen molar-refractivity contribution in [1.82, 2.24) is 19.6 Å². The van der Waals surface area contributed by atoms with Gasteiger partial charge < -0.3 is 0 Å². The highest BCUT2D eigenvalue weighted by atomic mass is 15.3. The molecule has 4 heteroatoms. The van der Waals surface area contributed by atoms with Crippen molar-refractivity contribution in [3.8, 4) is 56.0 Å². The lowest BCUT2D eigenvalue weighted by atomic mass is 9.93. The number of aromatic nitrogens is 4. The van der Waals surface area contributed by atoms with Crippen LogP contribution in [0.25, 0.3) is 72.7 Å². The molecule has 0 unspecified atom stereocenters. The van der Waals surface area contributed by atoms with Crippen molar-refractivity contribution >= 4 is 16.7 Å². The molecule has 0 saturated heterocycles. The van der Waals surface area contributed by atoms with Crippen LogP contribution in [0.15, 0.2) is 158 Å². The monoisotopic (exact) mass is 550 g/mol. The summed E-state index contributed by atoms with van der Waals surface area (Å²) in [6.07, 6.45) is 0. The van der Waals surface area contributed by atoms with Crippen LogP contribution in [0.4, 0.5) is 0 Å². The Morgan fingerprint density at radius 1 is 0.372 bits per heavy atom. The lowest BCUT2D eigenvalue weighted by Gasteiger charge is -2.11. The quantitative estimate of drug-likeness (QED) is 0.214. The summed E-state index contributed by atoms with van der Waals surface area (Å²) in [6, 6.07) is 54.9. The molecule has 0 atom stereocenters. The van der Waals surface area contributed by atoms with E-state index in [0.717, 1.165) is 38.9 Å². The number of fused-ring (bicyclic) bond motifs is 3. The number of para-hydroxylation sites is 1. The summed E-state index contributed by atoms with van der Waals surface area (Å²) in [6.45, 7) is 0. The third kappa shape index (κ3) is 4.65. The van der Waals surface area contributed by atoms with E-state index in [9.17, 15) is 0 Å². The van der Waals surface area contributed by atoms with E-state index in [2.05, 4.69) is 127 Å². The van der Waals surface area contributed by atoms with E-state index in [0.29, 0.717) is 11.6 Å². The van der Waals surface area contributed by atoms with Crippen molar-refractivity contribution < 1.29 is 0 Å². The van der Waals surface area contributed by atoms with Crippen LogP contribution in [-0.4, -0.2) is 19.6 Å². The fraction of sp³-hybridized carbons (Fsp3) is 0. The summed E-state index contributed by atoms with van der Waals surface area (Å²) in [7, 11) is 0. The molecule has 6 aromatic carbocycles. The van der Waals surface area contributed by atoms with Gasteiger partial charge in [-0.2, -0.15) is 9.50 Å². The van der Waals surface area contributed by atoms with Gasteiger partial charge in [-0.3, -0.25) is 0 Å². The minimum atomic E-state index is 0.583. The fourth-order valence-corrected chi connectivity index (χ4v) is 5.70. The van der Waals surface area contributed by atoms with Crippen LogP contribution in [0, 0.1) is 0 Å². The molecule has 2 aromatic heterocycles. The van der Waals surface area contributed by atoms with E-state index < -0.39 is 0 Å². The van der Waals surface area contributed by atoms with Gasteiger partial charge in [-0.25, -0.2) is 4.98 Å². The summed E-state index contributed by atoms with van der Waals surface area (Å²) >= 11 is 0. The Morgan fingerprint density at radius 3 is 1.42 bits per heavy atom. The van der Waals surface area contributed by atoms with E-state index >= 15 is 0 Å². The maximum absolute atomic E-state index is 4.95. The zero-order valence-corrected chi connectivity index (χ0v) is 23.3. The molecule has 0 aliphatic rings. The van der Waals surface area contributed by atoms with Gasteiger partial charge >= 0.3 is 0 Å². The first kappa shape index (κ1) is 24.9. The lowest BCUT2D eigenvalue weighted by Crippen LogP contribution is -1.97. The van der Waals surface area contributed by atoms with Gasteiger partial charge in [-0.1, -0.05) is 133 Å². The maximum atomic E-state index is 4.95. The summed E-state index contributed by atoms with van der Waals surface area (Å²) in [5, 5.41) is 5.94. The molecule has 8 rings (SSSR count). The molecule has 0 aliphatic carbocycles. The number of hydrogen-bond acceptors (Lipinski definition) is 3. The van der Waals surface area contributed by atoms with Crippen LogP contribution in [0.3, 0.4) is 0 Å². The molecule has 0 saturated carbocycles. The highest BCUT2D eigenvalue weighted by Gasteiger charge is 2.15. The van der Waals surface area contributed by atoms with Crippen LogP contribution in [-0.2, 0) is 0 Å². The van der Waals surface area contributed by atoms with Crippen molar-refractivity contribution in [2.45, 2.75) is 0 Å². The largest absolute Gasteiger partial charge is 0.253 e. The topological polar surface area (TPSA) is 43.1 Å². The Balaban J connectivity index is 1.21. The van der Waals surface area contributed by atoms with E-state index in [-0.39, 0.29) is 0 Å². The third-order valence-electron chi connectivity index (χ3n) is 7.86. The van der Waals surface area contributed by atoms with Gasteiger partial charge in [0.2, 0.25) is 0 Å². The number of rotatable bonds is 5. The smallest absolute Gasteiger partial charge is 0.210 e. The zero-order valence-electron chi connectivity index (χ0n) is 23.3. The molecule has 0 spiro atoms. The van der Waals surface area contributed by atoms with E-state index in [4.69, 9.17) is 15.1 Å². The molecule has 0 radical (unpaired) electrons. The molecule has 0 fully saturated rings. The highest BCUT2D eigenvalue weighted by Crippen LogP contribution is 2.34. The van der Waals surface area contributed by atoms with E-state index in [1.54, 1.807) is 0 Å². The molecule has 0 aliphatic heterocycles. The molecular formula is C39H26N4. The molecular weight excluding hydrogens is 524 g/mol. The maximum Gasteiger partial charge on any atom is 0.253 e. The SMILES string of the molecule is c1ccc(-c2cc(-c3ccccc3)cc(-c3ccc(-c4nc5nc(-c6ccccc6)c6ccccc6n5n4)cc3)c2)cc1. The first-order valence-corrected chi connectivity index (χ1v) is 14.4. The van der Waals surface area contributed by atoms with Crippen molar-refractivity contribution in [3.05, 3.63) is 158 Å². The van der Waals surface area contributed by atoms with Crippen molar-refractivity contribution in [1.29, 1.82) is 0 Å². The Morgan fingerprint density at radius 2 is 0.837 bits per heavy atom. The predicted octanol–water partition coefficient (Wildman–Crippen LogP) is 9.61. The number of nitrogens with zero attached hydrogens (tertiary/aromatic N) is 4. The second-order valence-corrected chi connectivity index (χ2v) is 10.6. The molecule has 8 aromatic rings. The van der Waals surface area contributed by atoms with Crippen LogP contribution in [0.1, 0.15) is 0 Å². The van der Waals surface area contributed by atoms with Gasteiger partial charge in [0, 0.05) is 16.5 Å². The summed E-state index contributed by atoms with van der Waals surface area (Å²) < 4.78 is 1.85. The fourth-order valence-electron chi connectivity index (χ4n) is 5.70. The Labute approximate surface area is 249 Å². The number of hydrogen-bond donors (Lipinski definition) is 0. The van der Waals surface area contributed by atoms with Gasteiger partial charge in [-0.05, 0) is 57.6 Å². The van der Waals surface area contributed by atoms with Gasteiger partial charge in [-0.15, -0.1) is 5.10 Å². The minimum Gasteiger partial charge on any atom is -0.210 e. The highest BCUT2D eigenvalue weighted by molar-refractivity contribution is 5.94. The van der Waals surface area contributed by atoms with Crippen LogP contribution >= 0.6 is 0 Å². The standard InChI is InChI=1S/C39H26N4/c1-4-12-27(13-5-1)32-24-33(28-14-6-2-7-15-28)26-34(25-32)29-20-22-31(23-21-29)38-41-39-40-37(30-16-8-3-9-17-30)35-18-10-11-19-36(35)43(39)42-38/h1-26H. The van der Waals surface area contributed by atoms with Crippen LogP contribution in [0.5, 0.6) is 0 Å². The summed E-state index contributed by atoms with van der Waals surface area (Å²) in [4.78, 5) is 9.82. The average Bonchev–Trinajstić information content (AvgIpc) is 3.54. The molecule has 2 heterocycles. The molecule has 0 bridgehead atoms. The lowest BCUT2D eigenvalue weighted by molar-refractivity contribution is 0.989. The minimum absolute atomic E-state index is 0.583. The summed E-state index contributed by atoms with van der Waals surface area (Å²) in [5.41, 5.74) is 11.0. The first-order valence-electron chi connectivity index (χ1n) is 14.4. The third-order valence-corrected chi connectivity index (χ3v) is 7.86. The predicted molar refractivity (Wildman–Crippen MR) is 175 cm³/mol. The van der Waals surface area contributed by atoms with Crippen molar-refractivity contribution in [3.63, 3.8) is 0 Å². The molecule has 43 heavy (non-hydrogen) atoms. The van der Waals surface area contributed by atoms with Crippen molar-refractivity contribution in [2.24, 2.45) is 0 Å². The molecule has 202 valence electrons. The number of benzene rings is 6. The van der Waals surface area contributed by atoms with Gasteiger partial charge in [0.05, 0.1) is 11.2 Å². The van der Waals surface area contributed by atoms with E-state index in [1.165, 1.54) is 22.3 Å². The summed E-state index contributed by atoms with van der Waals surface area (Å²) in [5.74, 6) is 1.23. The Bertz CT molecular complexity index is 2150. The Hall–Kier alpha value is -5.87. The van der Waals surface area contributed by atoms with Crippen molar-refractivity contribution in [2.75, 3.05) is 0 Å². The van der Waals surface area contributed by atoms with Gasteiger partial charge in [0.1, 0.15) is 0 Å². The van der Waals surface area contributed by atoms with Gasteiger partial charge in [0.25, 0.3) is 5.78 Å². The Kier molecular flexibility index (Phi) is 6.08. The zero-order chi connectivity index (χ0) is 28.6. The molecule has 0 N–H and O–H groups in total. The second-order valence-electron chi connectivity index (χ2n) is 10.6. The second kappa shape index (κ2) is 10.5. The van der Waals surface area contributed by atoms with Gasteiger partial charge in [0.15, 0.2) is 5.82 Å².